The molecule has 8 nitrogen and oxygen atoms in total. The van der Waals surface area contributed by atoms with Crippen molar-refractivity contribution in [2.24, 2.45) is 7.05 Å². The van der Waals surface area contributed by atoms with Crippen LogP contribution < -0.4 is 4.74 Å². The van der Waals surface area contributed by atoms with Crippen LogP contribution in [0.4, 0.5) is 0 Å². The van der Waals surface area contributed by atoms with Crippen molar-refractivity contribution in [3.05, 3.63) is 64.7 Å². The first-order valence-electron chi connectivity index (χ1n) is 11.1. The van der Waals surface area contributed by atoms with Crippen molar-refractivity contribution in [3.63, 3.8) is 0 Å². The highest BCUT2D eigenvalue weighted by Crippen LogP contribution is 2.30. The van der Waals surface area contributed by atoms with Crippen LogP contribution in [0.5, 0.6) is 5.75 Å². The number of aryl methyl sites for hydroxylation is 2. The normalized spacial score (nSPS) is 14.0. The summed E-state index contributed by atoms with van der Waals surface area (Å²) in [6, 6.07) is 13.0. The van der Waals surface area contributed by atoms with Gasteiger partial charge in [-0.1, -0.05) is 12.1 Å². The first kappa shape index (κ1) is 22.1. The number of methoxy groups -OCH3 is 1. The molecule has 1 aromatic carbocycles. The molecule has 0 saturated carbocycles. The summed E-state index contributed by atoms with van der Waals surface area (Å²) in [6.07, 6.45) is 0. The average Bonchev–Trinajstić information content (AvgIpc) is 3.51. The predicted molar refractivity (Wildman–Crippen MR) is 131 cm³/mol. The molecule has 0 unspecified atom stereocenters. The summed E-state index contributed by atoms with van der Waals surface area (Å²) in [5.74, 6) is 0.532. The number of hydrogen-bond acceptors (Lipinski definition) is 6. The van der Waals surface area contributed by atoms with Gasteiger partial charge in [-0.25, -0.2) is 4.98 Å². The van der Waals surface area contributed by atoms with Crippen LogP contribution in [0.25, 0.3) is 21.6 Å². The molecule has 4 heterocycles. The average molecular weight is 476 g/mol. The fraction of sp³-hybridized carbons (Fsp3) is 0.280. The minimum absolute atomic E-state index is 0.0552. The molecule has 2 amide bonds. The molecular weight excluding hydrogens is 450 g/mol. The molecule has 9 heteroatoms. The number of fused-ring (bicyclic) bond motifs is 1. The molecule has 174 valence electrons. The number of amides is 2. The number of pyridine rings is 1. The van der Waals surface area contributed by atoms with E-state index in [9.17, 15) is 9.59 Å². The topological polar surface area (TPSA) is 80.6 Å². The molecule has 3 aromatic heterocycles. The van der Waals surface area contributed by atoms with Gasteiger partial charge in [-0.3, -0.25) is 14.3 Å². The van der Waals surface area contributed by atoms with E-state index in [2.05, 4.69) is 5.10 Å². The zero-order chi connectivity index (χ0) is 23.8. The standard InChI is InChI=1S/C25H25N5O3S/c1-16-22-19(15-20(21-8-5-13-34-21)26-23(22)28(2)27-16)25(32)30-11-9-29(10-12-30)24(31)17-6-4-7-18(14-17)33-3/h4-8,13-15H,9-12H2,1-3H3. The zero-order valence-corrected chi connectivity index (χ0v) is 20.1. The van der Waals surface area contributed by atoms with E-state index in [1.54, 1.807) is 40.2 Å². The first-order valence-corrected chi connectivity index (χ1v) is 11.9. The second-order valence-corrected chi connectivity index (χ2v) is 9.20. The van der Waals surface area contributed by atoms with Crippen LogP contribution in [0.2, 0.25) is 0 Å². The summed E-state index contributed by atoms with van der Waals surface area (Å²) < 4.78 is 6.96. The lowest BCUT2D eigenvalue weighted by molar-refractivity contribution is 0.0536. The maximum absolute atomic E-state index is 13.7. The van der Waals surface area contributed by atoms with Gasteiger partial charge in [0.1, 0.15) is 5.75 Å². The summed E-state index contributed by atoms with van der Waals surface area (Å²) in [5.41, 5.74) is 3.42. The van der Waals surface area contributed by atoms with E-state index in [0.717, 1.165) is 21.7 Å². The molecule has 1 fully saturated rings. The van der Waals surface area contributed by atoms with E-state index in [4.69, 9.17) is 9.72 Å². The fourth-order valence-corrected chi connectivity index (χ4v) is 5.07. The van der Waals surface area contributed by atoms with E-state index in [-0.39, 0.29) is 11.8 Å². The summed E-state index contributed by atoms with van der Waals surface area (Å²) in [7, 11) is 3.43. The molecule has 0 aliphatic carbocycles. The third-order valence-corrected chi connectivity index (χ3v) is 7.04. The number of carbonyl (C=O) groups is 2. The number of carbonyl (C=O) groups excluding carboxylic acids is 2. The number of piperazine rings is 1. The van der Waals surface area contributed by atoms with Crippen LogP contribution in [0, 0.1) is 6.92 Å². The Hall–Kier alpha value is -3.72. The maximum Gasteiger partial charge on any atom is 0.254 e. The predicted octanol–water partition coefficient (Wildman–Crippen LogP) is 3.61. The fourth-order valence-electron chi connectivity index (χ4n) is 4.39. The van der Waals surface area contributed by atoms with Gasteiger partial charge in [0.2, 0.25) is 0 Å². The Morgan fingerprint density at radius 1 is 1.00 bits per heavy atom. The van der Waals surface area contributed by atoms with Gasteiger partial charge in [-0.2, -0.15) is 5.10 Å². The van der Waals surface area contributed by atoms with Crippen LogP contribution in [0.15, 0.2) is 47.8 Å². The second kappa shape index (κ2) is 8.90. The number of ether oxygens (including phenoxy) is 1. The SMILES string of the molecule is COc1cccc(C(=O)N2CCN(C(=O)c3cc(-c4cccs4)nc4c3c(C)nn4C)CC2)c1. The van der Waals surface area contributed by atoms with Gasteiger partial charge >= 0.3 is 0 Å². The van der Waals surface area contributed by atoms with Crippen LogP contribution in [-0.4, -0.2) is 69.7 Å². The number of nitrogens with zero attached hydrogens (tertiary/aromatic N) is 5. The first-order chi connectivity index (χ1) is 16.5. The van der Waals surface area contributed by atoms with Gasteiger partial charge in [0, 0.05) is 38.8 Å². The molecule has 0 N–H and O–H groups in total. The molecule has 1 aliphatic rings. The highest BCUT2D eigenvalue weighted by Gasteiger charge is 2.28. The van der Waals surface area contributed by atoms with E-state index in [0.29, 0.717) is 48.7 Å². The van der Waals surface area contributed by atoms with Crippen LogP contribution in [0.3, 0.4) is 0 Å². The third-order valence-electron chi connectivity index (χ3n) is 6.14. The molecule has 0 spiro atoms. The number of thiophene rings is 1. The van der Waals surface area contributed by atoms with Crippen LogP contribution in [-0.2, 0) is 7.05 Å². The lowest BCUT2D eigenvalue weighted by atomic mass is 10.1. The minimum Gasteiger partial charge on any atom is -0.497 e. The molecule has 0 atom stereocenters. The van der Waals surface area contributed by atoms with Crippen LogP contribution in [0.1, 0.15) is 26.4 Å². The lowest BCUT2D eigenvalue weighted by Crippen LogP contribution is -2.50. The molecule has 0 bridgehead atoms. The molecular formula is C25H25N5O3S. The zero-order valence-electron chi connectivity index (χ0n) is 19.3. The van der Waals surface area contributed by atoms with Crippen molar-refractivity contribution in [1.82, 2.24) is 24.6 Å². The Kier molecular flexibility index (Phi) is 5.79. The lowest BCUT2D eigenvalue weighted by Gasteiger charge is -2.35. The summed E-state index contributed by atoms with van der Waals surface area (Å²) >= 11 is 1.59. The summed E-state index contributed by atoms with van der Waals surface area (Å²) in [5, 5.41) is 7.28. The summed E-state index contributed by atoms with van der Waals surface area (Å²) in [6.45, 7) is 3.77. The van der Waals surface area contributed by atoms with Crippen molar-refractivity contribution in [2.45, 2.75) is 6.92 Å². The highest BCUT2D eigenvalue weighted by atomic mass is 32.1. The quantitative estimate of drug-likeness (QED) is 0.451. The van der Waals surface area contributed by atoms with Crippen molar-refractivity contribution in [2.75, 3.05) is 33.3 Å². The van der Waals surface area contributed by atoms with Crippen molar-refractivity contribution in [1.29, 1.82) is 0 Å². The van der Waals surface area contributed by atoms with Crippen LogP contribution >= 0.6 is 11.3 Å². The maximum atomic E-state index is 13.7. The molecule has 34 heavy (non-hydrogen) atoms. The van der Waals surface area contributed by atoms with Crippen molar-refractivity contribution >= 4 is 34.2 Å². The molecule has 4 aromatic rings. The Morgan fingerprint density at radius 3 is 2.41 bits per heavy atom. The van der Waals surface area contributed by atoms with Gasteiger partial charge in [-0.15, -0.1) is 11.3 Å². The number of benzene rings is 1. The molecule has 5 rings (SSSR count). The van der Waals surface area contributed by atoms with E-state index < -0.39 is 0 Å². The third kappa shape index (κ3) is 3.92. The van der Waals surface area contributed by atoms with E-state index >= 15 is 0 Å². The van der Waals surface area contributed by atoms with Gasteiger partial charge in [0.15, 0.2) is 5.65 Å². The van der Waals surface area contributed by atoms with Crippen molar-refractivity contribution < 1.29 is 14.3 Å². The van der Waals surface area contributed by atoms with Crippen molar-refractivity contribution in [3.8, 4) is 16.3 Å². The van der Waals surface area contributed by atoms with E-state index in [1.807, 2.05) is 54.6 Å². The van der Waals surface area contributed by atoms with Gasteiger partial charge in [0.25, 0.3) is 11.8 Å². The molecule has 1 aliphatic heterocycles. The molecule has 0 radical (unpaired) electrons. The van der Waals surface area contributed by atoms with Gasteiger partial charge in [0.05, 0.1) is 34.3 Å². The Balaban J connectivity index is 1.39. The smallest absolute Gasteiger partial charge is 0.254 e. The Labute approximate surface area is 201 Å². The number of rotatable bonds is 4. The minimum atomic E-state index is -0.0604. The van der Waals surface area contributed by atoms with Gasteiger partial charge in [-0.05, 0) is 42.6 Å². The summed E-state index contributed by atoms with van der Waals surface area (Å²) in [4.78, 5) is 36.0. The monoisotopic (exact) mass is 475 g/mol. The second-order valence-electron chi connectivity index (χ2n) is 8.26. The highest BCUT2D eigenvalue weighted by molar-refractivity contribution is 7.13. The number of hydrogen-bond donors (Lipinski definition) is 0. The Morgan fingerprint density at radius 2 is 1.74 bits per heavy atom. The Bertz CT molecular complexity index is 1370. The van der Waals surface area contributed by atoms with E-state index in [1.165, 1.54) is 0 Å². The number of aromatic nitrogens is 3. The molecule has 1 saturated heterocycles. The largest absolute Gasteiger partial charge is 0.497 e. The van der Waals surface area contributed by atoms with Gasteiger partial charge < -0.3 is 14.5 Å².